The van der Waals surface area contributed by atoms with Crippen LogP contribution in [0.3, 0.4) is 0 Å². The van der Waals surface area contributed by atoms with Gasteiger partial charge in [-0.2, -0.15) is 0 Å². The molecule has 2 aromatic rings. The van der Waals surface area contributed by atoms with Crippen LogP contribution in [0.15, 0.2) is 32.7 Å². The van der Waals surface area contributed by atoms with Gasteiger partial charge in [-0.05, 0) is 48.6 Å². The van der Waals surface area contributed by atoms with E-state index in [0.29, 0.717) is 18.6 Å². The lowest BCUT2D eigenvalue weighted by molar-refractivity contribution is -0.117. The van der Waals surface area contributed by atoms with Gasteiger partial charge in [0.15, 0.2) is 0 Å². The molecule has 1 nitrogen and oxygen atoms in total. The standard InChI is InChI=1S/C39H66OS4/c1-3-5-7-9-11-13-15-17-19-21-23-25-31-41-38-29-27-36(43-38)33-35(40)34-37-28-30-39(44-37)42-32-26-24-22-20-18-16-14-12-10-8-6-4-2/h27-30H,3-26,31-34H2,1-2H3. The van der Waals surface area contributed by atoms with E-state index in [1.807, 2.05) is 46.2 Å². The van der Waals surface area contributed by atoms with Gasteiger partial charge < -0.3 is 0 Å². The number of thioether (sulfide) groups is 2. The zero-order valence-corrected chi connectivity index (χ0v) is 31.9. The molecule has 0 saturated heterocycles. The van der Waals surface area contributed by atoms with Gasteiger partial charge in [-0.25, -0.2) is 0 Å². The number of hydrogen-bond acceptors (Lipinski definition) is 5. The Bertz CT molecular complexity index is 845. The van der Waals surface area contributed by atoms with Crippen molar-refractivity contribution in [2.45, 2.75) is 189 Å². The van der Waals surface area contributed by atoms with E-state index in [1.54, 1.807) is 0 Å². The molecule has 0 saturated carbocycles. The lowest BCUT2D eigenvalue weighted by Gasteiger charge is -2.03. The molecule has 44 heavy (non-hydrogen) atoms. The highest BCUT2D eigenvalue weighted by molar-refractivity contribution is 8.01. The molecular weight excluding hydrogens is 613 g/mol. The van der Waals surface area contributed by atoms with Gasteiger partial charge in [-0.15, -0.1) is 46.2 Å². The van der Waals surface area contributed by atoms with Gasteiger partial charge >= 0.3 is 0 Å². The summed E-state index contributed by atoms with van der Waals surface area (Å²) in [7, 11) is 0. The molecule has 0 fully saturated rings. The molecular formula is C39H66OS4. The summed E-state index contributed by atoms with van der Waals surface area (Å²) in [5.41, 5.74) is 0. The second-order valence-electron chi connectivity index (χ2n) is 12.8. The highest BCUT2D eigenvalue weighted by Gasteiger charge is 2.10. The van der Waals surface area contributed by atoms with Crippen LogP contribution in [0.4, 0.5) is 0 Å². The molecule has 0 unspecified atom stereocenters. The van der Waals surface area contributed by atoms with Crippen molar-refractivity contribution in [3.05, 3.63) is 34.0 Å². The first-order chi connectivity index (χ1) is 21.7. The fourth-order valence-electron chi connectivity index (χ4n) is 5.74. The molecule has 252 valence electrons. The van der Waals surface area contributed by atoms with Crippen LogP contribution in [-0.2, 0) is 17.6 Å². The Morgan fingerprint density at radius 1 is 0.455 bits per heavy atom. The first kappa shape index (κ1) is 39.9. The topological polar surface area (TPSA) is 17.1 Å². The maximum atomic E-state index is 12.8. The highest BCUT2D eigenvalue weighted by atomic mass is 32.2. The van der Waals surface area contributed by atoms with Crippen LogP contribution >= 0.6 is 46.2 Å². The van der Waals surface area contributed by atoms with E-state index in [9.17, 15) is 4.79 Å². The minimum absolute atomic E-state index is 0.351. The summed E-state index contributed by atoms with van der Waals surface area (Å²) < 4.78 is 2.76. The number of unbranched alkanes of at least 4 members (excludes halogenated alkanes) is 22. The fraction of sp³-hybridized carbons (Fsp3) is 0.769. The summed E-state index contributed by atoms with van der Waals surface area (Å²) in [6.07, 6.45) is 34.9. The molecule has 0 bridgehead atoms. The van der Waals surface area contributed by atoms with Gasteiger partial charge in [-0.3, -0.25) is 4.79 Å². The molecule has 0 spiro atoms. The molecule has 5 heteroatoms. The zero-order chi connectivity index (χ0) is 31.3. The zero-order valence-electron chi connectivity index (χ0n) is 28.6. The molecule has 0 aromatic carbocycles. The molecule has 2 aromatic heterocycles. The first-order valence-corrected chi connectivity index (χ1v) is 22.3. The summed E-state index contributed by atoms with van der Waals surface area (Å²) in [5, 5.41) is 0. The van der Waals surface area contributed by atoms with Crippen LogP contribution in [0.2, 0.25) is 0 Å². The normalized spacial score (nSPS) is 11.5. The maximum Gasteiger partial charge on any atom is 0.143 e. The van der Waals surface area contributed by atoms with Crippen molar-refractivity contribution >= 4 is 52.0 Å². The Hall–Kier alpha value is -0.230. The molecule has 0 aliphatic heterocycles. The number of hydrogen-bond donors (Lipinski definition) is 0. The van der Waals surface area contributed by atoms with E-state index in [-0.39, 0.29) is 0 Å². The van der Waals surface area contributed by atoms with Crippen LogP contribution in [0.25, 0.3) is 0 Å². The van der Waals surface area contributed by atoms with Gasteiger partial charge in [0, 0.05) is 22.6 Å². The smallest absolute Gasteiger partial charge is 0.143 e. The lowest BCUT2D eigenvalue weighted by Crippen LogP contribution is -2.03. The average Bonchev–Trinajstić information content (AvgIpc) is 3.66. The second-order valence-corrected chi connectivity index (χ2v) is 17.9. The van der Waals surface area contributed by atoms with Crippen molar-refractivity contribution in [3.8, 4) is 0 Å². The van der Waals surface area contributed by atoms with Crippen molar-refractivity contribution < 1.29 is 4.79 Å². The number of thiophene rings is 2. The fourth-order valence-corrected chi connectivity index (χ4v) is 10.3. The lowest BCUT2D eigenvalue weighted by atomic mass is 10.1. The van der Waals surface area contributed by atoms with E-state index >= 15 is 0 Å². The third-order valence-electron chi connectivity index (χ3n) is 8.50. The van der Waals surface area contributed by atoms with Crippen molar-refractivity contribution in [2.24, 2.45) is 0 Å². The monoisotopic (exact) mass is 678 g/mol. The Balaban J connectivity index is 1.43. The highest BCUT2D eigenvalue weighted by Crippen LogP contribution is 2.31. The van der Waals surface area contributed by atoms with E-state index in [4.69, 9.17) is 0 Å². The summed E-state index contributed by atoms with van der Waals surface area (Å²) in [4.78, 5) is 15.2. The Labute approximate surface area is 289 Å². The van der Waals surface area contributed by atoms with E-state index in [1.165, 1.54) is 184 Å². The molecule has 2 heterocycles. The predicted octanol–water partition coefficient (Wildman–Crippen LogP) is 14.8. The Morgan fingerprint density at radius 3 is 1.07 bits per heavy atom. The molecule has 0 aliphatic rings. The largest absolute Gasteiger partial charge is 0.299 e. The number of carbonyl (C=O) groups is 1. The number of rotatable bonds is 32. The summed E-state index contributed by atoms with van der Waals surface area (Å²) in [5.74, 6) is 2.77. The third-order valence-corrected chi connectivity index (χ3v) is 13.3. The minimum Gasteiger partial charge on any atom is -0.299 e. The first-order valence-electron chi connectivity index (χ1n) is 18.7. The van der Waals surface area contributed by atoms with Gasteiger partial charge in [0.2, 0.25) is 0 Å². The Morgan fingerprint density at radius 2 is 0.750 bits per heavy atom. The van der Waals surface area contributed by atoms with Crippen LogP contribution < -0.4 is 0 Å². The third kappa shape index (κ3) is 22.3. The van der Waals surface area contributed by atoms with Crippen molar-refractivity contribution in [1.29, 1.82) is 0 Å². The van der Waals surface area contributed by atoms with Crippen molar-refractivity contribution in [1.82, 2.24) is 0 Å². The van der Waals surface area contributed by atoms with Crippen LogP contribution in [0.5, 0.6) is 0 Å². The molecule has 0 atom stereocenters. The van der Waals surface area contributed by atoms with Gasteiger partial charge in [0.05, 0.1) is 8.42 Å². The molecule has 2 rings (SSSR count). The van der Waals surface area contributed by atoms with E-state index in [0.717, 1.165) is 0 Å². The molecule has 0 aliphatic carbocycles. The van der Waals surface area contributed by atoms with Crippen molar-refractivity contribution in [2.75, 3.05) is 11.5 Å². The quantitative estimate of drug-likeness (QED) is 0.0566. The average molecular weight is 679 g/mol. The minimum atomic E-state index is 0.351. The molecule has 0 N–H and O–H groups in total. The van der Waals surface area contributed by atoms with Gasteiger partial charge in [-0.1, -0.05) is 155 Å². The summed E-state index contributed by atoms with van der Waals surface area (Å²) in [6.45, 7) is 4.58. The maximum absolute atomic E-state index is 12.8. The second kappa shape index (κ2) is 29.0. The summed E-state index contributed by atoms with van der Waals surface area (Å²) >= 11 is 7.62. The number of ketones is 1. The molecule has 0 amide bonds. The summed E-state index contributed by atoms with van der Waals surface area (Å²) in [6, 6.07) is 8.82. The molecule has 0 radical (unpaired) electrons. The van der Waals surface area contributed by atoms with Gasteiger partial charge in [0.1, 0.15) is 5.78 Å². The SMILES string of the molecule is CCCCCCCCCCCCCCSc1ccc(CC(=O)Cc2ccc(SCCCCCCCCCCCCCC)s2)s1. The van der Waals surface area contributed by atoms with Gasteiger partial charge in [0.25, 0.3) is 0 Å². The predicted molar refractivity (Wildman–Crippen MR) is 205 cm³/mol. The van der Waals surface area contributed by atoms with E-state index in [2.05, 4.69) is 38.1 Å². The van der Waals surface area contributed by atoms with Crippen molar-refractivity contribution in [3.63, 3.8) is 0 Å². The van der Waals surface area contributed by atoms with Crippen LogP contribution in [0.1, 0.15) is 178 Å². The van der Waals surface area contributed by atoms with E-state index < -0.39 is 0 Å². The number of Topliss-reactive ketones (excluding diaryl/α,β-unsaturated/α-hetero) is 1. The van der Waals surface area contributed by atoms with Crippen LogP contribution in [-0.4, -0.2) is 17.3 Å². The van der Waals surface area contributed by atoms with Crippen LogP contribution in [0, 0.1) is 0 Å². The Kier molecular flexibility index (Phi) is 26.3. The number of carbonyl (C=O) groups excluding carboxylic acids is 1.